The van der Waals surface area contributed by atoms with Gasteiger partial charge in [0.15, 0.2) is 0 Å². The van der Waals surface area contributed by atoms with Gasteiger partial charge < -0.3 is 10.5 Å². The van der Waals surface area contributed by atoms with Gasteiger partial charge in [-0.1, -0.05) is 25.0 Å². The molecule has 0 bridgehead atoms. The number of pyridine rings is 1. The van der Waals surface area contributed by atoms with Crippen LogP contribution in [-0.2, 0) is 17.6 Å². The first-order valence-corrected chi connectivity index (χ1v) is 10.2. The number of aromatic nitrogens is 1. The Bertz CT molecular complexity index is 714. The minimum absolute atomic E-state index is 0.145. The molecule has 0 unspecified atom stereocenters. The highest BCUT2D eigenvalue weighted by Crippen LogP contribution is 2.31. The molecule has 1 fully saturated rings. The highest BCUT2D eigenvalue weighted by molar-refractivity contribution is 5.34. The highest BCUT2D eigenvalue weighted by Gasteiger charge is 2.28. The van der Waals surface area contributed by atoms with E-state index in [4.69, 9.17) is 10.5 Å². The lowest BCUT2D eigenvalue weighted by molar-refractivity contribution is 0.0254. The van der Waals surface area contributed by atoms with Crippen molar-refractivity contribution in [1.29, 1.82) is 0 Å². The molecule has 3 nitrogen and oxygen atoms in total. The topological polar surface area (TPSA) is 48.1 Å². The van der Waals surface area contributed by atoms with E-state index in [9.17, 15) is 4.39 Å². The molecular weight excluding hydrogens is 339 g/mol. The lowest BCUT2D eigenvalue weighted by Gasteiger charge is -2.20. The number of benzene rings is 1. The molecule has 2 atom stereocenters. The first-order chi connectivity index (χ1) is 13.1. The summed E-state index contributed by atoms with van der Waals surface area (Å²) in [6.45, 7) is 2.88. The SMILES string of the molecule is Cc1cc(N)nc(C[C@@H]2CCC[C@@H]2OCCCCCc2cccc(F)c2)c1. The Kier molecular flexibility index (Phi) is 7.22. The molecule has 0 radical (unpaired) electrons. The van der Waals surface area contributed by atoms with Gasteiger partial charge in [-0.05, 0) is 86.8 Å². The second-order valence-corrected chi connectivity index (χ2v) is 7.81. The largest absolute Gasteiger partial charge is 0.384 e. The predicted octanol–water partition coefficient (Wildman–Crippen LogP) is 5.25. The summed E-state index contributed by atoms with van der Waals surface area (Å²) < 4.78 is 19.4. The maximum Gasteiger partial charge on any atom is 0.123 e. The fourth-order valence-electron chi connectivity index (χ4n) is 4.13. The van der Waals surface area contributed by atoms with Crippen LogP contribution in [0.3, 0.4) is 0 Å². The average molecular weight is 371 g/mol. The Labute approximate surface area is 162 Å². The summed E-state index contributed by atoms with van der Waals surface area (Å²) in [5, 5.41) is 0. The summed E-state index contributed by atoms with van der Waals surface area (Å²) in [6, 6.07) is 11.0. The number of rotatable bonds is 9. The van der Waals surface area contributed by atoms with Gasteiger partial charge in [0.1, 0.15) is 11.6 Å². The van der Waals surface area contributed by atoms with Gasteiger partial charge in [-0.3, -0.25) is 0 Å². The van der Waals surface area contributed by atoms with Crippen LogP contribution in [0.1, 0.15) is 55.3 Å². The first-order valence-electron chi connectivity index (χ1n) is 10.2. The molecule has 146 valence electrons. The zero-order chi connectivity index (χ0) is 19.1. The maximum absolute atomic E-state index is 13.2. The van der Waals surface area contributed by atoms with Crippen molar-refractivity contribution in [2.24, 2.45) is 5.92 Å². The van der Waals surface area contributed by atoms with E-state index in [0.29, 0.717) is 17.8 Å². The van der Waals surface area contributed by atoms with Crippen molar-refractivity contribution in [2.75, 3.05) is 12.3 Å². The van der Waals surface area contributed by atoms with Gasteiger partial charge in [-0.2, -0.15) is 0 Å². The van der Waals surface area contributed by atoms with E-state index in [2.05, 4.69) is 18.0 Å². The van der Waals surface area contributed by atoms with E-state index in [0.717, 1.165) is 56.4 Å². The van der Waals surface area contributed by atoms with E-state index in [1.54, 1.807) is 12.1 Å². The number of unbranched alkanes of at least 4 members (excludes halogenated alkanes) is 2. The van der Waals surface area contributed by atoms with Crippen molar-refractivity contribution < 1.29 is 9.13 Å². The quantitative estimate of drug-likeness (QED) is 0.613. The van der Waals surface area contributed by atoms with Crippen LogP contribution >= 0.6 is 0 Å². The number of hydrogen-bond acceptors (Lipinski definition) is 3. The molecule has 1 aliphatic carbocycles. The van der Waals surface area contributed by atoms with Crippen molar-refractivity contribution in [3.63, 3.8) is 0 Å². The Morgan fingerprint density at radius 1 is 1.15 bits per heavy atom. The Morgan fingerprint density at radius 2 is 2.04 bits per heavy atom. The lowest BCUT2D eigenvalue weighted by atomic mass is 9.98. The molecule has 2 N–H and O–H groups in total. The second-order valence-electron chi connectivity index (χ2n) is 7.81. The van der Waals surface area contributed by atoms with Crippen LogP contribution < -0.4 is 5.73 Å². The number of nitrogens with zero attached hydrogens (tertiary/aromatic N) is 1. The third-order valence-corrected chi connectivity index (χ3v) is 5.43. The molecule has 1 aromatic heterocycles. The molecule has 0 spiro atoms. The molecule has 3 rings (SSSR count). The fraction of sp³-hybridized carbons (Fsp3) is 0.522. The zero-order valence-corrected chi connectivity index (χ0v) is 16.3. The van der Waals surface area contributed by atoms with E-state index in [1.165, 1.54) is 24.5 Å². The average Bonchev–Trinajstić information content (AvgIpc) is 3.04. The fourth-order valence-corrected chi connectivity index (χ4v) is 4.13. The van der Waals surface area contributed by atoms with E-state index >= 15 is 0 Å². The number of nitrogens with two attached hydrogens (primary N) is 1. The Balaban J connectivity index is 1.36. The van der Waals surface area contributed by atoms with Crippen LogP contribution in [0.4, 0.5) is 10.2 Å². The van der Waals surface area contributed by atoms with Crippen molar-refractivity contribution in [1.82, 2.24) is 4.98 Å². The Morgan fingerprint density at radius 3 is 2.85 bits per heavy atom. The standard InChI is InChI=1S/C23H31FN2O/c1-17-13-21(26-23(25)14-17)16-19-9-6-11-22(19)27-12-4-2-3-7-18-8-5-10-20(24)15-18/h5,8,10,13-15,19,22H,2-4,6-7,9,11-12,16H2,1H3,(H2,25,26)/t19-,22-/m0/s1. The molecule has 0 saturated heterocycles. The normalized spacial score (nSPS) is 19.5. The molecule has 0 aliphatic heterocycles. The van der Waals surface area contributed by atoms with Gasteiger partial charge in [-0.15, -0.1) is 0 Å². The predicted molar refractivity (Wildman–Crippen MR) is 108 cm³/mol. The molecule has 2 aromatic rings. The van der Waals surface area contributed by atoms with Gasteiger partial charge in [0, 0.05) is 12.3 Å². The number of ether oxygens (including phenoxy) is 1. The first kappa shape index (κ1) is 19.8. The number of nitrogen functional groups attached to an aromatic ring is 1. The van der Waals surface area contributed by atoms with Crippen LogP contribution in [0.15, 0.2) is 36.4 Å². The van der Waals surface area contributed by atoms with E-state index in [-0.39, 0.29) is 5.82 Å². The van der Waals surface area contributed by atoms with Gasteiger partial charge in [0.2, 0.25) is 0 Å². The molecule has 1 aromatic carbocycles. The van der Waals surface area contributed by atoms with Crippen molar-refractivity contribution in [3.8, 4) is 0 Å². The van der Waals surface area contributed by atoms with Crippen LogP contribution in [0.5, 0.6) is 0 Å². The molecular formula is C23H31FN2O. The second kappa shape index (κ2) is 9.84. The third kappa shape index (κ3) is 6.31. The van der Waals surface area contributed by atoms with Gasteiger partial charge in [-0.25, -0.2) is 9.37 Å². The van der Waals surface area contributed by atoms with E-state index in [1.807, 2.05) is 12.1 Å². The molecule has 1 saturated carbocycles. The summed E-state index contributed by atoms with van der Waals surface area (Å²) in [7, 11) is 0. The molecule has 1 aliphatic rings. The van der Waals surface area contributed by atoms with E-state index < -0.39 is 0 Å². The summed E-state index contributed by atoms with van der Waals surface area (Å²) >= 11 is 0. The molecule has 27 heavy (non-hydrogen) atoms. The van der Waals surface area contributed by atoms with Crippen molar-refractivity contribution >= 4 is 5.82 Å². The highest BCUT2D eigenvalue weighted by atomic mass is 19.1. The van der Waals surface area contributed by atoms with Crippen LogP contribution in [-0.4, -0.2) is 17.7 Å². The lowest BCUT2D eigenvalue weighted by Crippen LogP contribution is -2.21. The third-order valence-electron chi connectivity index (χ3n) is 5.43. The molecule has 0 amide bonds. The van der Waals surface area contributed by atoms with Crippen LogP contribution in [0, 0.1) is 18.7 Å². The number of hydrogen-bond donors (Lipinski definition) is 1. The minimum Gasteiger partial charge on any atom is -0.384 e. The monoisotopic (exact) mass is 370 g/mol. The summed E-state index contributed by atoms with van der Waals surface area (Å²) in [4.78, 5) is 4.48. The maximum atomic E-state index is 13.2. The van der Waals surface area contributed by atoms with Crippen molar-refractivity contribution in [3.05, 3.63) is 59.0 Å². The number of anilines is 1. The zero-order valence-electron chi connectivity index (χ0n) is 16.3. The summed E-state index contributed by atoms with van der Waals surface area (Å²) in [6.07, 6.45) is 9.08. The van der Waals surface area contributed by atoms with Crippen LogP contribution in [0.25, 0.3) is 0 Å². The number of aryl methyl sites for hydroxylation is 2. The summed E-state index contributed by atoms with van der Waals surface area (Å²) in [5.41, 5.74) is 9.22. The molecule has 4 heteroatoms. The smallest absolute Gasteiger partial charge is 0.123 e. The van der Waals surface area contributed by atoms with Gasteiger partial charge in [0.25, 0.3) is 0 Å². The van der Waals surface area contributed by atoms with Gasteiger partial charge in [0.05, 0.1) is 6.10 Å². The molecule has 1 heterocycles. The number of halogens is 1. The Hall–Kier alpha value is -1.94. The summed E-state index contributed by atoms with van der Waals surface area (Å²) in [5.74, 6) is 1.01. The minimum atomic E-state index is -0.145. The van der Waals surface area contributed by atoms with Gasteiger partial charge >= 0.3 is 0 Å². The van der Waals surface area contributed by atoms with Crippen molar-refractivity contribution in [2.45, 2.75) is 64.4 Å². The van der Waals surface area contributed by atoms with Crippen LogP contribution in [0.2, 0.25) is 0 Å².